The maximum atomic E-state index is 12.1. The van der Waals surface area contributed by atoms with Gasteiger partial charge in [-0.25, -0.2) is 0 Å². The SMILES string of the molecule is COc1ccc(OCC(=O)Nc2ccc(N3CCCC3=O)cc2)c([N+](=O)[O-])c1. The Balaban J connectivity index is 1.59. The second-order valence-corrected chi connectivity index (χ2v) is 6.12. The van der Waals surface area contributed by atoms with Crippen LogP contribution in [0, 0.1) is 10.1 Å². The highest BCUT2D eigenvalue weighted by molar-refractivity contribution is 5.96. The molecule has 0 atom stereocenters. The molecule has 9 heteroatoms. The number of hydrogen-bond donors (Lipinski definition) is 1. The monoisotopic (exact) mass is 385 g/mol. The summed E-state index contributed by atoms with van der Waals surface area (Å²) in [5, 5.41) is 13.8. The van der Waals surface area contributed by atoms with E-state index in [0.717, 1.165) is 12.1 Å². The summed E-state index contributed by atoms with van der Waals surface area (Å²) in [6.45, 7) is 0.304. The van der Waals surface area contributed by atoms with Gasteiger partial charge in [0.2, 0.25) is 5.91 Å². The Bertz CT molecular complexity index is 897. The Labute approximate surface area is 161 Å². The van der Waals surface area contributed by atoms with Gasteiger partial charge in [0.1, 0.15) is 5.75 Å². The molecule has 0 aromatic heterocycles. The number of benzene rings is 2. The first-order chi connectivity index (χ1) is 13.5. The van der Waals surface area contributed by atoms with Crippen LogP contribution < -0.4 is 19.7 Å². The van der Waals surface area contributed by atoms with Crippen molar-refractivity contribution in [1.29, 1.82) is 0 Å². The number of nitro groups is 1. The Morgan fingerprint density at radius 3 is 2.61 bits per heavy atom. The van der Waals surface area contributed by atoms with Gasteiger partial charge in [-0.05, 0) is 42.8 Å². The fourth-order valence-electron chi connectivity index (χ4n) is 2.88. The molecule has 1 aliphatic rings. The van der Waals surface area contributed by atoms with E-state index in [1.165, 1.54) is 25.3 Å². The van der Waals surface area contributed by atoms with Crippen molar-refractivity contribution in [1.82, 2.24) is 0 Å². The minimum absolute atomic E-state index is 0.0242. The van der Waals surface area contributed by atoms with Gasteiger partial charge in [-0.2, -0.15) is 0 Å². The van der Waals surface area contributed by atoms with Crippen LogP contribution in [-0.2, 0) is 9.59 Å². The third kappa shape index (κ3) is 4.37. The Hall–Kier alpha value is -3.62. The molecular weight excluding hydrogens is 366 g/mol. The number of methoxy groups -OCH3 is 1. The highest BCUT2D eigenvalue weighted by Gasteiger charge is 2.21. The van der Waals surface area contributed by atoms with E-state index in [9.17, 15) is 19.7 Å². The first kappa shape index (κ1) is 19.2. The number of anilines is 2. The molecule has 9 nitrogen and oxygen atoms in total. The van der Waals surface area contributed by atoms with Gasteiger partial charge in [0.05, 0.1) is 18.1 Å². The predicted octanol–water partition coefficient (Wildman–Crippen LogP) is 2.75. The molecule has 1 heterocycles. The summed E-state index contributed by atoms with van der Waals surface area (Å²) in [4.78, 5) is 36.1. The predicted molar refractivity (Wildman–Crippen MR) is 102 cm³/mol. The van der Waals surface area contributed by atoms with Gasteiger partial charge >= 0.3 is 5.69 Å². The second kappa shape index (κ2) is 8.38. The molecule has 0 unspecified atom stereocenters. The van der Waals surface area contributed by atoms with Crippen molar-refractivity contribution in [2.24, 2.45) is 0 Å². The number of nitro benzene ring substituents is 1. The minimum Gasteiger partial charge on any atom is -0.496 e. The van der Waals surface area contributed by atoms with Crippen molar-refractivity contribution in [2.75, 3.05) is 30.5 Å². The number of carbonyl (C=O) groups is 2. The molecule has 3 rings (SSSR count). The highest BCUT2D eigenvalue weighted by Crippen LogP contribution is 2.31. The van der Waals surface area contributed by atoms with Gasteiger partial charge in [-0.3, -0.25) is 19.7 Å². The van der Waals surface area contributed by atoms with Crippen molar-refractivity contribution >= 4 is 28.9 Å². The molecule has 1 fully saturated rings. The number of ether oxygens (including phenoxy) is 2. The number of hydrogen-bond acceptors (Lipinski definition) is 6. The molecule has 28 heavy (non-hydrogen) atoms. The maximum absolute atomic E-state index is 12.1. The standard InChI is InChI=1S/C19H19N3O6/c1-27-15-8-9-17(16(11-15)22(25)26)28-12-18(23)20-13-4-6-14(7-5-13)21-10-2-3-19(21)24/h4-9,11H,2-3,10,12H2,1H3,(H,20,23). The molecule has 1 N–H and O–H groups in total. The van der Waals surface area contributed by atoms with Crippen LogP contribution in [0.1, 0.15) is 12.8 Å². The normalized spacial score (nSPS) is 13.3. The zero-order chi connectivity index (χ0) is 20.1. The Morgan fingerprint density at radius 1 is 1.25 bits per heavy atom. The van der Waals surface area contributed by atoms with Gasteiger partial charge in [-0.15, -0.1) is 0 Å². The largest absolute Gasteiger partial charge is 0.496 e. The zero-order valence-electron chi connectivity index (χ0n) is 15.2. The first-order valence-corrected chi connectivity index (χ1v) is 8.63. The lowest BCUT2D eigenvalue weighted by atomic mass is 10.2. The number of nitrogens with one attached hydrogen (secondary N) is 1. The third-order valence-corrected chi connectivity index (χ3v) is 4.26. The summed E-state index contributed by atoms with van der Waals surface area (Å²) in [7, 11) is 1.40. The number of amides is 2. The maximum Gasteiger partial charge on any atom is 0.314 e. The molecule has 0 bridgehead atoms. The second-order valence-electron chi connectivity index (χ2n) is 6.12. The number of carbonyl (C=O) groups excluding carboxylic acids is 2. The Morgan fingerprint density at radius 2 is 2.00 bits per heavy atom. The van der Waals surface area contributed by atoms with Gasteiger partial charge in [0.25, 0.3) is 5.91 Å². The fraction of sp³-hybridized carbons (Fsp3) is 0.263. The van der Waals surface area contributed by atoms with Gasteiger partial charge in [-0.1, -0.05) is 0 Å². The molecule has 2 amide bonds. The van der Waals surface area contributed by atoms with Crippen LogP contribution in [0.4, 0.5) is 17.1 Å². The minimum atomic E-state index is -0.603. The van der Waals surface area contributed by atoms with Gasteiger partial charge in [0.15, 0.2) is 12.4 Å². The summed E-state index contributed by atoms with van der Waals surface area (Å²) in [5.41, 5.74) is 1.03. The van der Waals surface area contributed by atoms with Crippen LogP contribution in [-0.4, -0.2) is 37.0 Å². The summed E-state index contributed by atoms with van der Waals surface area (Å²) < 4.78 is 10.2. The summed E-state index contributed by atoms with van der Waals surface area (Å²) >= 11 is 0. The van der Waals surface area contributed by atoms with Crippen molar-refractivity contribution in [3.05, 3.63) is 52.6 Å². The molecule has 2 aromatic rings. The lowest BCUT2D eigenvalue weighted by Crippen LogP contribution is -2.23. The van der Waals surface area contributed by atoms with Crippen LogP contribution >= 0.6 is 0 Å². The molecule has 0 radical (unpaired) electrons. The van der Waals surface area contributed by atoms with E-state index in [0.29, 0.717) is 24.4 Å². The van der Waals surface area contributed by atoms with E-state index in [4.69, 9.17) is 9.47 Å². The topological polar surface area (TPSA) is 111 Å². The number of nitrogens with zero attached hydrogens (tertiary/aromatic N) is 2. The van der Waals surface area contributed by atoms with E-state index in [1.807, 2.05) is 0 Å². The van der Waals surface area contributed by atoms with Crippen LogP contribution in [0.15, 0.2) is 42.5 Å². The van der Waals surface area contributed by atoms with Crippen LogP contribution in [0.2, 0.25) is 0 Å². The molecule has 0 spiro atoms. The van der Waals surface area contributed by atoms with Crippen molar-refractivity contribution in [3.8, 4) is 11.5 Å². The van der Waals surface area contributed by atoms with E-state index in [1.54, 1.807) is 29.2 Å². The molecule has 0 aliphatic carbocycles. The van der Waals surface area contributed by atoms with Crippen molar-refractivity contribution in [3.63, 3.8) is 0 Å². The van der Waals surface area contributed by atoms with Crippen LogP contribution in [0.3, 0.4) is 0 Å². The fourth-order valence-corrected chi connectivity index (χ4v) is 2.88. The summed E-state index contributed by atoms with van der Waals surface area (Å²) in [6.07, 6.45) is 1.39. The molecule has 1 saturated heterocycles. The van der Waals surface area contributed by atoms with E-state index in [2.05, 4.69) is 5.32 Å². The molecular formula is C19H19N3O6. The van der Waals surface area contributed by atoms with Crippen LogP contribution in [0.25, 0.3) is 0 Å². The molecule has 2 aromatic carbocycles. The number of rotatable bonds is 7. The average Bonchev–Trinajstić information content (AvgIpc) is 3.12. The molecule has 146 valence electrons. The first-order valence-electron chi connectivity index (χ1n) is 8.63. The lowest BCUT2D eigenvalue weighted by molar-refractivity contribution is -0.385. The van der Waals surface area contributed by atoms with Gasteiger partial charge < -0.3 is 19.7 Å². The van der Waals surface area contributed by atoms with Gasteiger partial charge in [0, 0.05) is 24.3 Å². The van der Waals surface area contributed by atoms with E-state index >= 15 is 0 Å². The van der Waals surface area contributed by atoms with E-state index < -0.39 is 10.8 Å². The van der Waals surface area contributed by atoms with Crippen molar-refractivity contribution < 1.29 is 24.0 Å². The zero-order valence-corrected chi connectivity index (χ0v) is 15.2. The smallest absolute Gasteiger partial charge is 0.314 e. The lowest BCUT2D eigenvalue weighted by Gasteiger charge is -2.16. The van der Waals surface area contributed by atoms with Crippen molar-refractivity contribution in [2.45, 2.75) is 12.8 Å². The molecule has 0 saturated carbocycles. The Kier molecular flexibility index (Phi) is 5.73. The third-order valence-electron chi connectivity index (χ3n) is 4.26. The average molecular weight is 385 g/mol. The summed E-state index contributed by atoms with van der Waals surface area (Å²) in [5.74, 6) is -0.0784. The quantitative estimate of drug-likeness (QED) is 0.579. The highest BCUT2D eigenvalue weighted by atomic mass is 16.6. The van der Waals surface area contributed by atoms with Crippen LogP contribution in [0.5, 0.6) is 11.5 Å². The molecule has 1 aliphatic heterocycles. The summed E-state index contributed by atoms with van der Waals surface area (Å²) in [6, 6.07) is 11.0. The van der Waals surface area contributed by atoms with E-state index in [-0.39, 0.29) is 24.0 Å².